The van der Waals surface area contributed by atoms with Crippen molar-refractivity contribution in [3.63, 3.8) is 0 Å². The van der Waals surface area contributed by atoms with Crippen LogP contribution in [-0.4, -0.2) is 45.5 Å². The molecule has 0 heterocycles. The molecular weight excluding hydrogens is 328 g/mol. The van der Waals surface area contributed by atoms with Crippen molar-refractivity contribution in [3.05, 3.63) is 0 Å². The Labute approximate surface area is 148 Å². The van der Waals surface area contributed by atoms with E-state index in [9.17, 15) is 19.2 Å². The van der Waals surface area contributed by atoms with Crippen LogP contribution in [0.2, 0.25) is 0 Å². The zero-order valence-corrected chi connectivity index (χ0v) is 16.0. The van der Waals surface area contributed by atoms with Gasteiger partial charge in [-0.15, -0.1) is 0 Å². The molecule has 1 fully saturated rings. The number of Topliss-reactive ketones (excluding diaryl/α,β-unsaturated/α-hetero) is 2. The Kier molecular flexibility index (Phi) is 5.87. The summed E-state index contributed by atoms with van der Waals surface area (Å²) in [5, 5.41) is 0.698. The summed E-state index contributed by atoms with van der Waals surface area (Å²) in [5.74, 6) is -0.959. The molecule has 2 amide bonds. The lowest BCUT2D eigenvalue weighted by Crippen LogP contribution is -2.66. The number of nitrogens with one attached hydrogen (secondary N) is 1. The predicted molar refractivity (Wildman–Crippen MR) is 89.7 cm³/mol. The van der Waals surface area contributed by atoms with E-state index in [4.69, 9.17) is 9.47 Å². The highest BCUT2D eigenvalue weighted by Crippen LogP contribution is 2.33. The van der Waals surface area contributed by atoms with Gasteiger partial charge in [0.05, 0.1) is 0 Å². The van der Waals surface area contributed by atoms with Crippen molar-refractivity contribution in [3.8, 4) is 0 Å². The number of ketones is 2. The molecule has 0 aromatic rings. The fourth-order valence-corrected chi connectivity index (χ4v) is 2.61. The van der Waals surface area contributed by atoms with Crippen molar-refractivity contribution in [2.75, 3.05) is 0 Å². The standard InChI is InChI=1S/C17H28N2O6/c1-11(20)17(10-8-9-12(17)21)19(14(23)25-16(5,6)7)18-13(22)24-15(2,3)4/h8-10H2,1-7H3,(H,18,22)/t17-/m0/s1. The smallest absolute Gasteiger partial charge is 0.430 e. The molecule has 1 saturated carbocycles. The van der Waals surface area contributed by atoms with Crippen LogP contribution in [0.1, 0.15) is 67.7 Å². The van der Waals surface area contributed by atoms with Crippen molar-refractivity contribution < 1.29 is 28.7 Å². The van der Waals surface area contributed by atoms with Crippen LogP contribution in [0.3, 0.4) is 0 Å². The fourth-order valence-electron chi connectivity index (χ4n) is 2.61. The summed E-state index contributed by atoms with van der Waals surface area (Å²) in [7, 11) is 0. The highest BCUT2D eigenvalue weighted by molar-refractivity contribution is 6.13. The van der Waals surface area contributed by atoms with Gasteiger partial charge in [-0.3, -0.25) is 9.59 Å². The van der Waals surface area contributed by atoms with Gasteiger partial charge in [-0.05, 0) is 61.3 Å². The molecule has 1 rings (SSSR count). The third-order valence-corrected chi connectivity index (χ3v) is 3.55. The Balaban J connectivity index is 3.23. The van der Waals surface area contributed by atoms with Crippen LogP contribution in [-0.2, 0) is 19.1 Å². The molecule has 0 aromatic carbocycles. The number of hydrogen-bond donors (Lipinski definition) is 1. The van der Waals surface area contributed by atoms with E-state index in [0.717, 1.165) is 0 Å². The molecule has 0 unspecified atom stereocenters. The second kappa shape index (κ2) is 7.01. The molecule has 0 radical (unpaired) electrons. The Morgan fingerprint density at radius 1 is 1.04 bits per heavy atom. The minimum absolute atomic E-state index is 0.121. The topological polar surface area (TPSA) is 102 Å². The van der Waals surface area contributed by atoms with Gasteiger partial charge in [0.25, 0.3) is 0 Å². The van der Waals surface area contributed by atoms with E-state index in [1.807, 2.05) is 0 Å². The fraction of sp³-hybridized carbons (Fsp3) is 0.765. The molecule has 1 aliphatic carbocycles. The minimum Gasteiger partial charge on any atom is -0.443 e. The van der Waals surface area contributed by atoms with Crippen molar-refractivity contribution in [2.45, 2.75) is 84.5 Å². The third-order valence-electron chi connectivity index (χ3n) is 3.55. The maximum atomic E-state index is 12.6. The zero-order valence-electron chi connectivity index (χ0n) is 16.0. The molecule has 1 atom stereocenters. The Morgan fingerprint density at radius 2 is 1.56 bits per heavy atom. The molecule has 1 N–H and O–H groups in total. The van der Waals surface area contributed by atoms with E-state index in [1.165, 1.54) is 6.92 Å². The third kappa shape index (κ3) is 5.17. The number of rotatable bonds is 2. The molecule has 1 aliphatic rings. The van der Waals surface area contributed by atoms with Crippen LogP contribution in [0, 0.1) is 0 Å². The molecule has 0 aliphatic heterocycles. The Hall–Kier alpha value is -2.12. The van der Waals surface area contributed by atoms with Crippen LogP contribution in [0.5, 0.6) is 0 Å². The summed E-state index contributed by atoms with van der Waals surface area (Å²) >= 11 is 0. The van der Waals surface area contributed by atoms with E-state index in [-0.39, 0.29) is 12.8 Å². The largest absolute Gasteiger partial charge is 0.443 e. The normalized spacial score (nSPS) is 20.8. The summed E-state index contributed by atoms with van der Waals surface area (Å²) in [6, 6.07) is 0. The molecule has 0 bridgehead atoms. The molecule has 142 valence electrons. The molecule has 25 heavy (non-hydrogen) atoms. The molecule has 0 spiro atoms. The molecule has 0 saturated heterocycles. The summed E-state index contributed by atoms with van der Waals surface area (Å²) in [4.78, 5) is 49.5. The second-order valence-corrected chi connectivity index (χ2v) is 8.12. The Morgan fingerprint density at radius 3 is 1.92 bits per heavy atom. The van der Waals surface area contributed by atoms with Crippen LogP contribution in [0.25, 0.3) is 0 Å². The van der Waals surface area contributed by atoms with Crippen LogP contribution in [0.4, 0.5) is 9.59 Å². The van der Waals surface area contributed by atoms with Crippen molar-refractivity contribution in [1.82, 2.24) is 10.4 Å². The van der Waals surface area contributed by atoms with E-state index in [0.29, 0.717) is 11.4 Å². The second-order valence-electron chi connectivity index (χ2n) is 8.12. The highest BCUT2D eigenvalue weighted by atomic mass is 16.6. The number of ether oxygens (including phenoxy) is 2. The van der Waals surface area contributed by atoms with Crippen molar-refractivity contribution >= 4 is 23.8 Å². The van der Waals surface area contributed by atoms with Gasteiger partial charge in [-0.25, -0.2) is 15.0 Å². The lowest BCUT2D eigenvalue weighted by atomic mass is 9.91. The van der Waals surface area contributed by atoms with Gasteiger partial charge in [0.1, 0.15) is 11.2 Å². The molecule has 8 nitrogen and oxygen atoms in total. The predicted octanol–water partition coefficient (Wildman–Crippen LogP) is 2.74. The quantitative estimate of drug-likeness (QED) is 0.603. The summed E-state index contributed by atoms with van der Waals surface area (Å²) < 4.78 is 10.4. The lowest BCUT2D eigenvalue weighted by Gasteiger charge is -2.38. The molecule has 8 heteroatoms. The molecule has 0 aromatic heterocycles. The van der Waals surface area contributed by atoms with Gasteiger partial charge in [0.15, 0.2) is 17.1 Å². The summed E-state index contributed by atoms with van der Waals surface area (Å²) in [5.41, 5.74) is -1.20. The van der Waals surface area contributed by atoms with Gasteiger partial charge >= 0.3 is 12.2 Å². The number of amides is 2. The first kappa shape index (κ1) is 20.9. The lowest BCUT2D eigenvalue weighted by molar-refractivity contribution is -0.142. The summed E-state index contributed by atoms with van der Waals surface area (Å²) in [6.07, 6.45) is -1.22. The van der Waals surface area contributed by atoms with Crippen LogP contribution < -0.4 is 5.43 Å². The first-order chi connectivity index (χ1) is 11.2. The first-order valence-corrected chi connectivity index (χ1v) is 8.26. The number of nitrogens with zero attached hydrogens (tertiary/aromatic N) is 1. The van der Waals surface area contributed by atoms with Crippen molar-refractivity contribution in [2.24, 2.45) is 0 Å². The number of hydrogen-bond acceptors (Lipinski definition) is 6. The average Bonchev–Trinajstić information content (AvgIpc) is 2.74. The molecular formula is C17H28N2O6. The van der Waals surface area contributed by atoms with Gasteiger partial charge < -0.3 is 9.47 Å². The Bertz CT molecular complexity index is 573. The maximum Gasteiger partial charge on any atom is 0.430 e. The minimum atomic E-state index is -1.76. The van der Waals surface area contributed by atoms with E-state index in [1.54, 1.807) is 41.5 Å². The van der Waals surface area contributed by atoms with Crippen molar-refractivity contribution in [1.29, 1.82) is 0 Å². The maximum absolute atomic E-state index is 12.6. The number of carbonyl (C=O) groups is 4. The van der Waals surface area contributed by atoms with E-state index in [2.05, 4.69) is 5.43 Å². The number of hydrazine groups is 1. The zero-order chi connectivity index (χ0) is 19.6. The van der Waals surface area contributed by atoms with Gasteiger partial charge in [-0.1, -0.05) is 0 Å². The average molecular weight is 356 g/mol. The highest BCUT2D eigenvalue weighted by Gasteiger charge is 2.55. The monoisotopic (exact) mass is 356 g/mol. The van der Waals surface area contributed by atoms with Crippen LogP contribution in [0.15, 0.2) is 0 Å². The van der Waals surface area contributed by atoms with Gasteiger partial charge in [0, 0.05) is 6.42 Å². The number of carbonyl (C=O) groups excluding carboxylic acids is 4. The first-order valence-electron chi connectivity index (χ1n) is 8.26. The summed E-state index contributed by atoms with van der Waals surface area (Å²) in [6.45, 7) is 11.1. The SMILES string of the molecule is CC(=O)[C@@]1(N(NC(=O)OC(C)(C)C)C(=O)OC(C)(C)C)CCCC1=O. The van der Waals surface area contributed by atoms with Gasteiger partial charge in [0.2, 0.25) is 0 Å². The van der Waals surface area contributed by atoms with E-state index < -0.39 is 40.5 Å². The van der Waals surface area contributed by atoms with Gasteiger partial charge in [-0.2, -0.15) is 5.01 Å². The van der Waals surface area contributed by atoms with E-state index >= 15 is 0 Å². The van der Waals surface area contributed by atoms with Crippen LogP contribution >= 0.6 is 0 Å².